The van der Waals surface area contributed by atoms with Gasteiger partial charge in [0.2, 0.25) is 5.78 Å². The van der Waals surface area contributed by atoms with Crippen LogP contribution < -0.4 is 9.47 Å². The monoisotopic (exact) mass is 284 g/mol. The Morgan fingerprint density at radius 2 is 1.67 bits per heavy atom. The summed E-state index contributed by atoms with van der Waals surface area (Å²) in [5, 5.41) is 0. The van der Waals surface area contributed by atoms with Gasteiger partial charge in [-0.2, -0.15) is 0 Å². The highest BCUT2D eigenvalue weighted by atomic mass is 16.5. The molecule has 0 aliphatic rings. The number of ether oxygens (including phenoxy) is 2. The van der Waals surface area contributed by atoms with E-state index in [1.807, 2.05) is 45.0 Å². The van der Waals surface area contributed by atoms with E-state index >= 15 is 0 Å². The van der Waals surface area contributed by atoms with Gasteiger partial charge in [-0.05, 0) is 56.2 Å². The molecule has 0 saturated heterocycles. The van der Waals surface area contributed by atoms with E-state index in [0.29, 0.717) is 17.9 Å². The van der Waals surface area contributed by atoms with Crippen LogP contribution in [0.15, 0.2) is 42.5 Å². The first-order valence-electron chi connectivity index (χ1n) is 7.06. The second kappa shape index (κ2) is 6.93. The quantitative estimate of drug-likeness (QED) is 0.753. The summed E-state index contributed by atoms with van der Waals surface area (Å²) >= 11 is 0. The Hall–Kier alpha value is -2.29. The number of carbonyl (C=O) groups is 1. The summed E-state index contributed by atoms with van der Waals surface area (Å²) in [5.41, 5.74) is 2.79. The molecule has 2 rings (SSSR count). The fourth-order valence-corrected chi connectivity index (χ4v) is 2.22. The normalized spacial score (nSPS) is 10.2. The molecule has 0 aromatic heterocycles. The van der Waals surface area contributed by atoms with Crippen LogP contribution in [-0.4, -0.2) is 19.0 Å². The molecule has 110 valence electrons. The SMILES string of the molecule is CCOc1ccccc1C(=O)COc1cc(C)cc(C)c1. The molecule has 0 aliphatic carbocycles. The van der Waals surface area contributed by atoms with Gasteiger partial charge in [0.25, 0.3) is 0 Å². The van der Waals surface area contributed by atoms with Crippen LogP contribution >= 0.6 is 0 Å². The van der Waals surface area contributed by atoms with Gasteiger partial charge < -0.3 is 9.47 Å². The lowest BCUT2D eigenvalue weighted by Crippen LogP contribution is -2.13. The number of para-hydroxylation sites is 1. The maximum absolute atomic E-state index is 12.3. The molecular formula is C18H20O3. The average molecular weight is 284 g/mol. The van der Waals surface area contributed by atoms with Crippen molar-refractivity contribution in [3.63, 3.8) is 0 Å². The molecule has 0 unspecified atom stereocenters. The molecule has 0 aliphatic heterocycles. The Labute approximate surface area is 125 Å². The molecule has 2 aromatic rings. The van der Waals surface area contributed by atoms with Crippen molar-refractivity contribution < 1.29 is 14.3 Å². The summed E-state index contributed by atoms with van der Waals surface area (Å²) in [5.74, 6) is 1.24. The number of ketones is 1. The lowest BCUT2D eigenvalue weighted by atomic mass is 10.1. The van der Waals surface area contributed by atoms with Crippen molar-refractivity contribution in [3.8, 4) is 11.5 Å². The lowest BCUT2D eigenvalue weighted by Gasteiger charge is -2.11. The van der Waals surface area contributed by atoms with E-state index in [0.717, 1.165) is 16.9 Å². The predicted molar refractivity (Wildman–Crippen MR) is 83.4 cm³/mol. The second-order valence-electron chi connectivity index (χ2n) is 4.96. The minimum absolute atomic E-state index is 0.00693. The second-order valence-corrected chi connectivity index (χ2v) is 4.96. The fourth-order valence-electron chi connectivity index (χ4n) is 2.22. The van der Waals surface area contributed by atoms with Crippen molar-refractivity contribution in [1.82, 2.24) is 0 Å². The maximum atomic E-state index is 12.3. The van der Waals surface area contributed by atoms with Crippen LogP contribution in [0.1, 0.15) is 28.4 Å². The Kier molecular flexibility index (Phi) is 4.99. The predicted octanol–water partition coefficient (Wildman–Crippen LogP) is 3.96. The molecule has 0 spiro atoms. The molecule has 0 fully saturated rings. The van der Waals surface area contributed by atoms with Crippen molar-refractivity contribution >= 4 is 5.78 Å². The Bertz CT molecular complexity index is 612. The van der Waals surface area contributed by atoms with Crippen LogP contribution in [0.4, 0.5) is 0 Å². The third kappa shape index (κ3) is 4.09. The van der Waals surface area contributed by atoms with Crippen LogP contribution in [-0.2, 0) is 0 Å². The van der Waals surface area contributed by atoms with Crippen molar-refractivity contribution in [2.75, 3.05) is 13.2 Å². The van der Waals surface area contributed by atoms with E-state index in [-0.39, 0.29) is 12.4 Å². The number of benzene rings is 2. The van der Waals surface area contributed by atoms with Crippen LogP contribution in [0, 0.1) is 13.8 Å². The number of carbonyl (C=O) groups excluding carboxylic acids is 1. The minimum atomic E-state index is -0.0850. The van der Waals surface area contributed by atoms with E-state index < -0.39 is 0 Å². The topological polar surface area (TPSA) is 35.5 Å². The summed E-state index contributed by atoms with van der Waals surface area (Å²) in [6, 6.07) is 13.2. The van der Waals surface area contributed by atoms with Gasteiger partial charge in [-0.15, -0.1) is 0 Å². The molecule has 0 bridgehead atoms. The van der Waals surface area contributed by atoms with E-state index in [2.05, 4.69) is 6.07 Å². The van der Waals surface area contributed by atoms with Gasteiger partial charge in [0, 0.05) is 0 Å². The molecule has 0 radical (unpaired) electrons. The van der Waals surface area contributed by atoms with Gasteiger partial charge >= 0.3 is 0 Å². The number of aryl methyl sites for hydroxylation is 2. The maximum Gasteiger partial charge on any atom is 0.203 e. The summed E-state index contributed by atoms with van der Waals surface area (Å²) < 4.78 is 11.1. The highest BCUT2D eigenvalue weighted by Crippen LogP contribution is 2.20. The molecule has 0 amide bonds. The molecule has 0 saturated carbocycles. The Morgan fingerprint density at radius 3 is 2.33 bits per heavy atom. The zero-order chi connectivity index (χ0) is 15.2. The number of rotatable bonds is 6. The third-order valence-corrected chi connectivity index (χ3v) is 3.05. The first-order chi connectivity index (χ1) is 10.1. The summed E-state index contributed by atoms with van der Waals surface area (Å²) in [7, 11) is 0. The Balaban J connectivity index is 2.08. The molecule has 3 heteroatoms. The van der Waals surface area contributed by atoms with E-state index in [9.17, 15) is 4.79 Å². The number of hydrogen-bond donors (Lipinski definition) is 0. The first-order valence-corrected chi connectivity index (χ1v) is 7.06. The third-order valence-electron chi connectivity index (χ3n) is 3.05. The highest BCUT2D eigenvalue weighted by Gasteiger charge is 2.12. The van der Waals surface area contributed by atoms with Gasteiger partial charge in [0.1, 0.15) is 11.5 Å². The van der Waals surface area contributed by atoms with Crippen LogP contribution in [0.3, 0.4) is 0 Å². The van der Waals surface area contributed by atoms with Crippen LogP contribution in [0.25, 0.3) is 0 Å². The molecular weight excluding hydrogens is 264 g/mol. The zero-order valence-corrected chi connectivity index (χ0v) is 12.7. The molecule has 2 aromatic carbocycles. The number of Topliss-reactive ketones (excluding diaryl/α,β-unsaturated/α-hetero) is 1. The van der Waals surface area contributed by atoms with Gasteiger partial charge in [-0.3, -0.25) is 4.79 Å². The molecule has 3 nitrogen and oxygen atoms in total. The largest absolute Gasteiger partial charge is 0.493 e. The summed E-state index contributed by atoms with van der Waals surface area (Å²) in [4.78, 5) is 12.3. The van der Waals surface area contributed by atoms with Gasteiger partial charge in [-0.25, -0.2) is 0 Å². The van der Waals surface area contributed by atoms with E-state index in [4.69, 9.17) is 9.47 Å². The van der Waals surface area contributed by atoms with E-state index in [1.54, 1.807) is 12.1 Å². The summed E-state index contributed by atoms with van der Waals surface area (Å²) in [6.07, 6.45) is 0. The average Bonchev–Trinajstić information content (AvgIpc) is 2.45. The van der Waals surface area contributed by atoms with Crippen LogP contribution in [0.5, 0.6) is 11.5 Å². The fraction of sp³-hybridized carbons (Fsp3) is 0.278. The van der Waals surface area contributed by atoms with Crippen molar-refractivity contribution in [2.24, 2.45) is 0 Å². The summed E-state index contributed by atoms with van der Waals surface area (Å²) in [6.45, 7) is 6.45. The number of hydrogen-bond acceptors (Lipinski definition) is 3. The van der Waals surface area contributed by atoms with Crippen molar-refractivity contribution in [3.05, 3.63) is 59.2 Å². The van der Waals surface area contributed by atoms with Crippen molar-refractivity contribution in [2.45, 2.75) is 20.8 Å². The molecule has 0 N–H and O–H groups in total. The standard InChI is InChI=1S/C18H20O3/c1-4-20-18-8-6-5-7-16(18)17(19)12-21-15-10-13(2)9-14(3)11-15/h5-11H,4,12H2,1-3H3. The van der Waals surface area contributed by atoms with Crippen molar-refractivity contribution in [1.29, 1.82) is 0 Å². The first kappa shape index (κ1) is 15.1. The van der Waals surface area contributed by atoms with Gasteiger partial charge in [0.15, 0.2) is 6.61 Å². The van der Waals surface area contributed by atoms with E-state index in [1.165, 1.54) is 0 Å². The molecule has 21 heavy (non-hydrogen) atoms. The minimum Gasteiger partial charge on any atom is -0.493 e. The van der Waals surface area contributed by atoms with Crippen LogP contribution in [0.2, 0.25) is 0 Å². The van der Waals surface area contributed by atoms with Gasteiger partial charge in [0.05, 0.1) is 12.2 Å². The van der Waals surface area contributed by atoms with Gasteiger partial charge in [-0.1, -0.05) is 18.2 Å². The molecule has 0 atom stereocenters. The highest BCUT2D eigenvalue weighted by molar-refractivity contribution is 5.99. The Morgan fingerprint density at radius 1 is 1.00 bits per heavy atom. The smallest absolute Gasteiger partial charge is 0.203 e. The molecule has 0 heterocycles. The zero-order valence-electron chi connectivity index (χ0n) is 12.7. The lowest BCUT2D eigenvalue weighted by molar-refractivity contribution is 0.0917.